The van der Waals surface area contributed by atoms with E-state index in [2.05, 4.69) is 0 Å². The summed E-state index contributed by atoms with van der Waals surface area (Å²) in [6, 6.07) is 1.79. The van der Waals surface area contributed by atoms with Gasteiger partial charge in [-0.15, -0.1) is 0 Å². The van der Waals surface area contributed by atoms with Crippen molar-refractivity contribution in [1.29, 1.82) is 5.26 Å². The SMILES string of the molecule is CC(CC#N)N(C)C(=O)N1CCC(CC(=O)O)C1. The molecule has 0 aromatic heterocycles. The number of carbonyl (C=O) groups excluding carboxylic acids is 1. The fourth-order valence-corrected chi connectivity index (χ4v) is 2.10. The first-order chi connectivity index (χ1) is 8.45. The van der Waals surface area contributed by atoms with E-state index >= 15 is 0 Å². The predicted octanol–water partition coefficient (Wildman–Crippen LogP) is 1.14. The monoisotopic (exact) mass is 253 g/mol. The third kappa shape index (κ3) is 3.62. The van der Waals surface area contributed by atoms with E-state index in [4.69, 9.17) is 10.4 Å². The maximum Gasteiger partial charge on any atom is 0.320 e. The van der Waals surface area contributed by atoms with Gasteiger partial charge < -0.3 is 14.9 Å². The Balaban J connectivity index is 2.49. The molecule has 1 aliphatic heterocycles. The molecular formula is C12H19N3O3. The van der Waals surface area contributed by atoms with E-state index in [1.54, 1.807) is 16.8 Å². The molecule has 1 rings (SSSR count). The van der Waals surface area contributed by atoms with Crippen LogP contribution in [0.15, 0.2) is 0 Å². The topological polar surface area (TPSA) is 84.6 Å². The molecule has 0 saturated carbocycles. The summed E-state index contributed by atoms with van der Waals surface area (Å²) in [5, 5.41) is 17.3. The van der Waals surface area contributed by atoms with Crippen LogP contribution in [0.1, 0.15) is 26.2 Å². The number of carbonyl (C=O) groups is 2. The van der Waals surface area contributed by atoms with Gasteiger partial charge in [-0.2, -0.15) is 5.26 Å². The quantitative estimate of drug-likeness (QED) is 0.814. The van der Waals surface area contributed by atoms with E-state index in [9.17, 15) is 9.59 Å². The lowest BCUT2D eigenvalue weighted by molar-refractivity contribution is -0.138. The first kappa shape index (κ1) is 14.3. The highest BCUT2D eigenvalue weighted by molar-refractivity contribution is 5.75. The molecule has 1 fully saturated rings. The molecule has 0 bridgehead atoms. The number of likely N-dealkylation sites (tertiary alicyclic amines) is 1. The van der Waals surface area contributed by atoms with Gasteiger partial charge in [-0.1, -0.05) is 0 Å². The number of amides is 2. The third-order valence-electron chi connectivity index (χ3n) is 3.37. The van der Waals surface area contributed by atoms with Crippen LogP contribution in [-0.2, 0) is 4.79 Å². The zero-order valence-corrected chi connectivity index (χ0v) is 10.8. The lowest BCUT2D eigenvalue weighted by Gasteiger charge is -2.28. The Morgan fingerprint density at radius 1 is 1.61 bits per heavy atom. The number of nitrogens with zero attached hydrogens (tertiary/aromatic N) is 3. The first-order valence-corrected chi connectivity index (χ1v) is 6.06. The highest BCUT2D eigenvalue weighted by atomic mass is 16.4. The van der Waals surface area contributed by atoms with Crippen molar-refractivity contribution < 1.29 is 14.7 Å². The van der Waals surface area contributed by atoms with Crippen LogP contribution in [0.2, 0.25) is 0 Å². The van der Waals surface area contributed by atoms with Crippen molar-refractivity contribution in [3.05, 3.63) is 0 Å². The van der Waals surface area contributed by atoms with Crippen molar-refractivity contribution in [1.82, 2.24) is 9.80 Å². The van der Waals surface area contributed by atoms with Crippen molar-refractivity contribution in [2.75, 3.05) is 20.1 Å². The summed E-state index contributed by atoms with van der Waals surface area (Å²) in [4.78, 5) is 25.9. The second-order valence-electron chi connectivity index (χ2n) is 4.80. The molecule has 1 N–H and O–H groups in total. The number of carboxylic acids is 1. The Hall–Kier alpha value is -1.77. The molecule has 0 aliphatic carbocycles. The summed E-state index contributed by atoms with van der Waals surface area (Å²) in [5.74, 6) is -0.772. The van der Waals surface area contributed by atoms with E-state index < -0.39 is 5.97 Å². The van der Waals surface area contributed by atoms with E-state index in [1.807, 2.05) is 13.0 Å². The minimum absolute atomic E-state index is 0.0473. The van der Waals surface area contributed by atoms with E-state index in [0.717, 1.165) is 6.42 Å². The molecule has 2 atom stereocenters. The minimum atomic E-state index is -0.819. The molecule has 6 heteroatoms. The molecule has 2 unspecified atom stereocenters. The zero-order chi connectivity index (χ0) is 13.7. The van der Waals surface area contributed by atoms with Gasteiger partial charge in [0.1, 0.15) is 0 Å². The highest BCUT2D eigenvalue weighted by Crippen LogP contribution is 2.21. The summed E-state index contributed by atoms with van der Waals surface area (Å²) in [7, 11) is 1.68. The summed E-state index contributed by atoms with van der Waals surface area (Å²) in [6.45, 7) is 2.92. The standard InChI is InChI=1S/C12H19N3O3/c1-9(3-5-13)14(2)12(18)15-6-4-10(8-15)7-11(16)17/h9-10H,3-4,6-8H2,1-2H3,(H,16,17). The van der Waals surface area contributed by atoms with Gasteiger partial charge in [0.2, 0.25) is 0 Å². The number of nitriles is 1. The van der Waals surface area contributed by atoms with Gasteiger partial charge in [0.15, 0.2) is 0 Å². The largest absolute Gasteiger partial charge is 0.481 e. The average molecular weight is 253 g/mol. The third-order valence-corrected chi connectivity index (χ3v) is 3.37. The Bertz CT molecular complexity index is 364. The van der Waals surface area contributed by atoms with Gasteiger partial charge in [0.25, 0.3) is 0 Å². The van der Waals surface area contributed by atoms with Crippen LogP contribution >= 0.6 is 0 Å². The number of urea groups is 1. The fraction of sp³-hybridized carbons (Fsp3) is 0.750. The smallest absolute Gasteiger partial charge is 0.320 e. The Morgan fingerprint density at radius 2 is 2.28 bits per heavy atom. The Kier molecular flexibility index (Phi) is 4.95. The van der Waals surface area contributed by atoms with Gasteiger partial charge in [-0.25, -0.2) is 4.79 Å². The van der Waals surface area contributed by atoms with Crippen molar-refractivity contribution >= 4 is 12.0 Å². The number of aliphatic carboxylic acids is 1. The molecule has 6 nitrogen and oxygen atoms in total. The van der Waals surface area contributed by atoms with Gasteiger partial charge in [0, 0.05) is 32.6 Å². The summed E-state index contributed by atoms with van der Waals surface area (Å²) in [6.07, 6.45) is 1.15. The molecule has 0 aromatic rings. The van der Waals surface area contributed by atoms with Gasteiger partial charge in [0.05, 0.1) is 12.5 Å². The van der Waals surface area contributed by atoms with Crippen LogP contribution in [0.25, 0.3) is 0 Å². The molecule has 0 spiro atoms. The Morgan fingerprint density at radius 3 is 2.83 bits per heavy atom. The maximum atomic E-state index is 12.1. The van der Waals surface area contributed by atoms with Gasteiger partial charge >= 0.3 is 12.0 Å². The number of hydrogen-bond acceptors (Lipinski definition) is 3. The highest BCUT2D eigenvalue weighted by Gasteiger charge is 2.30. The second kappa shape index (κ2) is 6.24. The molecular weight excluding hydrogens is 234 g/mol. The van der Waals surface area contributed by atoms with Crippen LogP contribution < -0.4 is 0 Å². The summed E-state index contributed by atoms with van der Waals surface area (Å²) < 4.78 is 0. The number of rotatable bonds is 4. The lowest BCUT2D eigenvalue weighted by Crippen LogP contribution is -2.44. The summed E-state index contributed by atoms with van der Waals surface area (Å²) >= 11 is 0. The van der Waals surface area contributed by atoms with Gasteiger partial charge in [-0.05, 0) is 19.3 Å². The van der Waals surface area contributed by atoms with E-state index in [0.29, 0.717) is 19.5 Å². The number of carboxylic acid groups (broad SMARTS) is 1. The molecule has 1 saturated heterocycles. The molecule has 18 heavy (non-hydrogen) atoms. The molecule has 0 radical (unpaired) electrons. The molecule has 0 aromatic carbocycles. The Labute approximate surface area is 107 Å². The molecule has 2 amide bonds. The van der Waals surface area contributed by atoms with Crippen LogP contribution in [0.4, 0.5) is 4.79 Å². The lowest BCUT2D eigenvalue weighted by atomic mass is 10.1. The molecule has 1 heterocycles. The van der Waals surface area contributed by atoms with Crippen molar-refractivity contribution in [3.8, 4) is 6.07 Å². The van der Waals surface area contributed by atoms with Crippen molar-refractivity contribution in [2.24, 2.45) is 5.92 Å². The van der Waals surface area contributed by atoms with E-state index in [1.165, 1.54) is 0 Å². The molecule has 100 valence electrons. The fourth-order valence-electron chi connectivity index (χ4n) is 2.10. The van der Waals surface area contributed by atoms with Crippen LogP contribution in [0.3, 0.4) is 0 Å². The minimum Gasteiger partial charge on any atom is -0.481 e. The van der Waals surface area contributed by atoms with Crippen molar-refractivity contribution in [2.45, 2.75) is 32.2 Å². The van der Waals surface area contributed by atoms with Crippen LogP contribution in [0, 0.1) is 17.2 Å². The first-order valence-electron chi connectivity index (χ1n) is 6.06. The maximum absolute atomic E-state index is 12.1. The zero-order valence-electron chi connectivity index (χ0n) is 10.8. The normalized spacial score (nSPS) is 20.3. The van der Waals surface area contributed by atoms with Crippen LogP contribution in [0.5, 0.6) is 0 Å². The van der Waals surface area contributed by atoms with E-state index in [-0.39, 0.29) is 24.4 Å². The van der Waals surface area contributed by atoms with Crippen molar-refractivity contribution in [3.63, 3.8) is 0 Å². The second-order valence-corrected chi connectivity index (χ2v) is 4.80. The van der Waals surface area contributed by atoms with Crippen LogP contribution in [-0.4, -0.2) is 53.1 Å². The van der Waals surface area contributed by atoms with Gasteiger partial charge in [-0.3, -0.25) is 4.79 Å². The molecule has 1 aliphatic rings. The summed E-state index contributed by atoms with van der Waals surface area (Å²) in [5.41, 5.74) is 0. The predicted molar refractivity (Wildman–Crippen MR) is 64.8 cm³/mol. The number of hydrogen-bond donors (Lipinski definition) is 1. The average Bonchev–Trinajstić information content (AvgIpc) is 2.75.